The SMILES string of the molecule is CC(C)(C)C(CC(=O)O)NC(=O)Nc1ccccc1F. The number of hydrogen-bond donors (Lipinski definition) is 3. The second-order valence-electron chi connectivity index (χ2n) is 5.59. The molecule has 2 amide bonds. The fraction of sp³-hybridized carbons (Fsp3) is 0.429. The van der Waals surface area contributed by atoms with Crippen molar-refractivity contribution in [1.82, 2.24) is 5.32 Å². The number of carboxylic acids is 1. The fourth-order valence-electron chi connectivity index (χ4n) is 1.63. The van der Waals surface area contributed by atoms with Crippen LogP contribution in [0.2, 0.25) is 0 Å². The monoisotopic (exact) mass is 282 g/mol. The molecule has 1 aromatic carbocycles. The number of carbonyl (C=O) groups is 2. The topological polar surface area (TPSA) is 78.4 Å². The molecule has 0 radical (unpaired) electrons. The van der Waals surface area contributed by atoms with Gasteiger partial charge in [-0.15, -0.1) is 0 Å². The van der Waals surface area contributed by atoms with E-state index < -0.39 is 29.3 Å². The van der Waals surface area contributed by atoms with Gasteiger partial charge in [-0.05, 0) is 17.5 Å². The maximum absolute atomic E-state index is 13.4. The summed E-state index contributed by atoms with van der Waals surface area (Å²) in [6.45, 7) is 5.47. The number of para-hydroxylation sites is 1. The lowest BCUT2D eigenvalue weighted by Crippen LogP contribution is -2.46. The highest BCUT2D eigenvalue weighted by Crippen LogP contribution is 2.22. The highest BCUT2D eigenvalue weighted by Gasteiger charge is 2.28. The molecule has 5 nitrogen and oxygen atoms in total. The summed E-state index contributed by atoms with van der Waals surface area (Å²) < 4.78 is 13.4. The molecular formula is C14H19FN2O3. The second kappa shape index (κ2) is 6.36. The Kier molecular flexibility index (Phi) is 5.07. The van der Waals surface area contributed by atoms with Gasteiger partial charge in [-0.25, -0.2) is 9.18 Å². The van der Waals surface area contributed by atoms with Crippen molar-refractivity contribution < 1.29 is 19.1 Å². The fourth-order valence-corrected chi connectivity index (χ4v) is 1.63. The number of urea groups is 1. The summed E-state index contributed by atoms with van der Waals surface area (Å²) in [5.74, 6) is -1.55. The summed E-state index contributed by atoms with van der Waals surface area (Å²) >= 11 is 0. The Hall–Kier alpha value is -2.11. The second-order valence-corrected chi connectivity index (χ2v) is 5.59. The molecular weight excluding hydrogens is 263 g/mol. The third-order valence-corrected chi connectivity index (χ3v) is 2.85. The van der Waals surface area contributed by atoms with Crippen molar-refractivity contribution in [1.29, 1.82) is 0 Å². The summed E-state index contributed by atoms with van der Waals surface area (Å²) in [4.78, 5) is 22.6. The van der Waals surface area contributed by atoms with E-state index in [2.05, 4.69) is 10.6 Å². The number of hydrogen-bond acceptors (Lipinski definition) is 2. The molecule has 0 aliphatic heterocycles. The smallest absolute Gasteiger partial charge is 0.319 e. The number of rotatable bonds is 4. The van der Waals surface area contributed by atoms with Gasteiger partial charge in [0.05, 0.1) is 12.1 Å². The van der Waals surface area contributed by atoms with Gasteiger partial charge in [-0.3, -0.25) is 4.79 Å². The minimum absolute atomic E-state index is 0.0491. The Morgan fingerprint density at radius 1 is 1.30 bits per heavy atom. The van der Waals surface area contributed by atoms with Gasteiger partial charge in [0.2, 0.25) is 0 Å². The number of carboxylic acid groups (broad SMARTS) is 1. The number of nitrogens with one attached hydrogen (secondary N) is 2. The molecule has 3 N–H and O–H groups in total. The predicted molar refractivity (Wildman–Crippen MR) is 74.1 cm³/mol. The zero-order valence-electron chi connectivity index (χ0n) is 11.7. The first-order valence-corrected chi connectivity index (χ1v) is 6.24. The van der Waals surface area contributed by atoms with E-state index in [-0.39, 0.29) is 12.1 Å². The van der Waals surface area contributed by atoms with Gasteiger partial charge in [0.1, 0.15) is 5.82 Å². The zero-order valence-corrected chi connectivity index (χ0v) is 11.7. The average molecular weight is 282 g/mol. The van der Waals surface area contributed by atoms with Crippen LogP contribution < -0.4 is 10.6 Å². The standard InChI is InChI=1S/C14H19FN2O3/c1-14(2,3)11(8-12(18)19)17-13(20)16-10-7-5-4-6-9(10)15/h4-7,11H,8H2,1-3H3,(H,18,19)(H2,16,17,20). The highest BCUT2D eigenvalue weighted by molar-refractivity contribution is 5.89. The molecule has 0 spiro atoms. The molecule has 0 saturated carbocycles. The lowest BCUT2D eigenvalue weighted by Gasteiger charge is -2.30. The molecule has 0 fully saturated rings. The van der Waals surface area contributed by atoms with Crippen molar-refractivity contribution in [3.05, 3.63) is 30.1 Å². The Morgan fingerprint density at radius 2 is 1.90 bits per heavy atom. The Labute approximate surface area is 117 Å². The van der Waals surface area contributed by atoms with E-state index in [9.17, 15) is 14.0 Å². The van der Waals surface area contributed by atoms with Gasteiger partial charge in [0.15, 0.2) is 0 Å². The predicted octanol–water partition coefficient (Wildman–Crippen LogP) is 2.84. The number of amides is 2. The van der Waals surface area contributed by atoms with Gasteiger partial charge in [-0.1, -0.05) is 32.9 Å². The summed E-state index contributed by atoms with van der Waals surface area (Å²) in [6.07, 6.45) is -0.200. The average Bonchev–Trinajstić information content (AvgIpc) is 2.29. The molecule has 0 bridgehead atoms. The molecule has 20 heavy (non-hydrogen) atoms. The first kappa shape index (κ1) is 15.9. The molecule has 0 saturated heterocycles. The number of anilines is 1. The number of benzene rings is 1. The van der Waals surface area contributed by atoms with Crippen LogP contribution in [-0.4, -0.2) is 23.1 Å². The van der Waals surface area contributed by atoms with E-state index in [1.54, 1.807) is 6.07 Å². The molecule has 110 valence electrons. The third-order valence-electron chi connectivity index (χ3n) is 2.85. The Balaban J connectivity index is 2.72. The van der Waals surface area contributed by atoms with Crippen LogP contribution in [0, 0.1) is 11.2 Å². The van der Waals surface area contributed by atoms with Crippen molar-refractivity contribution in [3.63, 3.8) is 0 Å². The molecule has 6 heteroatoms. The molecule has 0 aromatic heterocycles. The van der Waals surface area contributed by atoms with Gasteiger partial charge >= 0.3 is 12.0 Å². The molecule has 1 rings (SSSR count). The summed E-state index contributed by atoms with van der Waals surface area (Å²) in [5.41, 5.74) is -0.377. The highest BCUT2D eigenvalue weighted by atomic mass is 19.1. The maximum atomic E-state index is 13.4. The van der Waals surface area contributed by atoms with Crippen LogP contribution >= 0.6 is 0 Å². The van der Waals surface area contributed by atoms with E-state index in [1.807, 2.05) is 20.8 Å². The van der Waals surface area contributed by atoms with E-state index in [0.717, 1.165) is 0 Å². The van der Waals surface area contributed by atoms with Gasteiger partial charge in [-0.2, -0.15) is 0 Å². The van der Waals surface area contributed by atoms with Crippen LogP contribution in [0.1, 0.15) is 27.2 Å². The third kappa shape index (κ3) is 4.87. The van der Waals surface area contributed by atoms with Gasteiger partial charge < -0.3 is 15.7 Å². The van der Waals surface area contributed by atoms with Crippen LogP contribution in [0.5, 0.6) is 0 Å². The zero-order chi connectivity index (χ0) is 15.3. The normalized spacial score (nSPS) is 12.6. The minimum atomic E-state index is -1.00. The first-order chi connectivity index (χ1) is 9.20. The van der Waals surface area contributed by atoms with Crippen molar-refractivity contribution in [2.24, 2.45) is 5.41 Å². The van der Waals surface area contributed by atoms with Crippen LogP contribution in [0.4, 0.5) is 14.9 Å². The van der Waals surface area contributed by atoms with E-state index in [0.29, 0.717) is 0 Å². The van der Waals surface area contributed by atoms with Crippen molar-refractivity contribution in [2.45, 2.75) is 33.2 Å². The minimum Gasteiger partial charge on any atom is -0.481 e. The Morgan fingerprint density at radius 3 is 2.40 bits per heavy atom. The number of halogens is 1. The summed E-state index contributed by atoms with van der Waals surface area (Å²) in [6, 6.07) is 4.58. The van der Waals surface area contributed by atoms with Crippen LogP contribution in [0.3, 0.4) is 0 Å². The Bertz CT molecular complexity index is 497. The van der Waals surface area contributed by atoms with Crippen LogP contribution in [0.15, 0.2) is 24.3 Å². The van der Waals surface area contributed by atoms with Gasteiger partial charge in [0.25, 0.3) is 0 Å². The molecule has 0 aliphatic rings. The van der Waals surface area contributed by atoms with E-state index >= 15 is 0 Å². The lowest BCUT2D eigenvalue weighted by molar-refractivity contribution is -0.138. The van der Waals surface area contributed by atoms with Crippen molar-refractivity contribution in [3.8, 4) is 0 Å². The lowest BCUT2D eigenvalue weighted by atomic mass is 9.85. The molecule has 0 heterocycles. The van der Waals surface area contributed by atoms with E-state index in [4.69, 9.17) is 5.11 Å². The molecule has 0 aliphatic carbocycles. The largest absolute Gasteiger partial charge is 0.481 e. The summed E-state index contributed by atoms with van der Waals surface area (Å²) in [5, 5.41) is 13.8. The number of aliphatic carboxylic acids is 1. The van der Waals surface area contributed by atoms with E-state index in [1.165, 1.54) is 18.2 Å². The quantitative estimate of drug-likeness (QED) is 0.794. The number of carbonyl (C=O) groups excluding carboxylic acids is 1. The molecule has 1 atom stereocenters. The first-order valence-electron chi connectivity index (χ1n) is 6.24. The maximum Gasteiger partial charge on any atom is 0.319 e. The molecule has 1 aromatic rings. The van der Waals surface area contributed by atoms with Crippen molar-refractivity contribution >= 4 is 17.7 Å². The van der Waals surface area contributed by atoms with Gasteiger partial charge in [0, 0.05) is 6.04 Å². The van der Waals surface area contributed by atoms with Crippen LogP contribution in [-0.2, 0) is 4.79 Å². The molecule has 1 unspecified atom stereocenters. The summed E-state index contributed by atoms with van der Waals surface area (Å²) in [7, 11) is 0. The van der Waals surface area contributed by atoms with Crippen molar-refractivity contribution in [2.75, 3.05) is 5.32 Å². The van der Waals surface area contributed by atoms with Crippen LogP contribution in [0.25, 0.3) is 0 Å².